The zero-order valence-electron chi connectivity index (χ0n) is 23.8. The summed E-state index contributed by atoms with van der Waals surface area (Å²) in [5.41, 5.74) is 3.00. The van der Waals surface area contributed by atoms with Crippen LogP contribution in [0.5, 0.6) is 5.75 Å². The summed E-state index contributed by atoms with van der Waals surface area (Å²) in [4.78, 5) is 19.1. The standard InChI is InChI=1S/C28H52O5P2/c1-22(2)18-16-14-12-10-11-13-15-17-19-31-35(33-34(29)30)32-26-24(27(4,5)6)20-23(3)21-25(26)28(7,8)9/h20-22,29-30H,10-19H2,1-9H3. The van der Waals surface area contributed by atoms with Gasteiger partial charge in [0.15, 0.2) is 0 Å². The van der Waals surface area contributed by atoms with Gasteiger partial charge in [0.2, 0.25) is 0 Å². The zero-order chi connectivity index (χ0) is 26.6. The Hall–Kier alpha value is -0.280. The summed E-state index contributed by atoms with van der Waals surface area (Å²) in [5.74, 6) is 1.55. The van der Waals surface area contributed by atoms with Crippen LogP contribution in [-0.2, 0) is 19.7 Å². The van der Waals surface area contributed by atoms with Crippen LogP contribution in [0.15, 0.2) is 12.1 Å². The van der Waals surface area contributed by atoms with Crippen LogP contribution in [0, 0.1) is 12.8 Å². The van der Waals surface area contributed by atoms with Crippen molar-refractivity contribution in [1.82, 2.24) is 0 Å². The molecule has 0 amide bonds. The lowest BCUT2D eigenvalue weighted by molar-refractivity contribution is 0.244. The van der Waals surface area contributed by atoms with Crippen molar-refractivity contribution in [2.24, 2.45) is 5.92 Å². The fraction of sp³-hybridized carbons (Fsp3) is 0.786. The summed E-state index contributed by atoms with van der Waals surface area (Å²) >= 11 is 0. The predicted octanol–water partition coefficient (Wildman–Crippen LogP) is 9.61. The molecular weight excluding hydrogens is 478 g/mol. The number of aryl methyl sites for hydroxylation is 1. The third kappa shape index (κ3) is 13.7. The quantitative estimate of drug-likeness (QED) is 0.164. The maximum atomic E-state index is 9.55. The molecule has 5 nitrogen and oxygen atoms in total. The highest BCUT2D eigenvalue weighted by Gasteiger charge is 2.31. The maximum absolute atomic E-state index is 9.55. The van der Waals surface area contributed by atoms with Crippen molar-refractivity contribution in [3.8, 4) is 5.75 Å². The molecule has 0 aliphatic rings. The Morgan fingerprint density at radius 2 is 1.23 bits per heavy atom. The Labute approximate surface area is 218 Å². The fourth-order valence-corrected chi connectivity index (χ4v) is 5.52. The smallest absolute Gasteiger partial charge is 0.404 e. The Bertz CT molecular complexity index is 688. The van der Waals surface area contributed by atoms with Crippen LogP contribution in [0.25, 0.3) is 0 Å². The zero-order valence-corrected chi connectivity index (χ0v) is 25.6. The lowest BCUT2D eigenvalue weighted by atomic mass is 9.78. The van der Waals surface area contributed by atoms with Crippen LogP contribution < -0.4 is 4.52 Å². The first-order chi connectivity index (χ1) is 16.2. The number of rotatable bonds is 16. The Kier molecular flexibility index (Phi) is 14.8. The van der Waals surface area contributed by atoms with Gasteiger partial charge in [-0.1, -0.05) is 124 Å². The van der Waals surface area contributed by atoms with Crippen molar-refractivity contribution in [2.45, 2.75) is 131 Å². The molecule has 1 unspecified atom stereocenters. The van der Waals surface area contributed by atoms with E-state index in [4.69, 9.17) is 13.4 Å². The molecule has 2 N–H and O–H groups in total. The van der Waals surface area contributed by atoms with Crippen LogP contribution >= 0.6 is 17.2 Å². The molecule has 0 saturated carbocycles. The van der Waals surface area contributed by atoms with Gasteiger partial charge in [0.1, 0.15) is 5.75 Å². The molecule has 0 aliphatic carbocycles. The lowest BCUT2D eigenvalue weighted by Gasteiger charge is -2.31. The average Bonchev–Trinajstić information content (AvgIpc) is 2.70. The molecule has 7 heteroatoms. The molecule has 0 saturated heterocycles. The molecule has 0 spiro atoms. The molecular formula is C28H52O5P2. The first-order valence-electron chi connectivity index (χ1n) is 13.3. The van der Waals surface area contributed by atoms with Gasteiger partial charge in [-0.05, 0) is 30.1 Å². The SMILES string of the molecule is Cc1cc(C(C)(C)C)c(OP(OCCCCCCCCCCC(C)C)OP(O)O)c(C(C)(C)C)c1. The molecule has 35 heavy (non-hydrogen) atoms. The van der Waals surface area contributed by atoms with Gasteiger partial charge in [0.05, 0.1) is 6.61 Å². The first-order valence-corrected chi connectivity index (χ1v) is 15.6. The van der Waals surface area contributed by atoms with E-state index in [0.29, 0.717) is 6.61 Å². The van der Waals surface area contributed by atoms with Crippen molar-refractivity contribution >= 4 is 17.2 Å². The number of hydrogen-bond acceptors (Lipinski definition) is 5. The van der Waals surface area contributed by atoms with Gasteiger partial charge in [-0.3, -0.25) is 0 Å². The van der Waals surface area contributed by atoms with Gasteiger partial charge in [0.25, 0.3) is 0 Å². The summed E-state index contributed by atoms with van der Waals surface area (Å²) in [6.07, 6.45) is 11.1. The molecule has 1 aromatic rings. The predicted molar refractivity (Wildman–Crippen MR) is 151 cm³/mol. The average molecular weight is 531 g/mol. The highest BCUT2D eigenvalue weighted by molar-refractivity contribution is 7.54. The maximum Gasteiger partial charge on any atom is 0.404 e. The van der Waals surface area contributed by atoms with Crippen LogP contribution in [0.4, 0.5) is 0 Å². The summed E-state index contributed by atoms with van der Waals surface area (Å²) < 4.78 is 17.5. The second-order valence-electron chi connectivity index (χ2n) is 12.2. The lowest BCUT2D eigenvalue weighted by Crippen LogP contribution is -2.19. The molecule has 0 radical (unpaired) electrons. The summed E-state index contributed by atoms with van der Waals surface area (Å²) in [6, 6.07) is 4.28. The molecule has 0 aromatic heterocycles. The van der Waals surface area contributed by atoms with E-state index in [2.05, 4.69) is 74.4 Å². The van der Waals surface area contributed by atoms with Gasteiger partial charge in [0, 0.05) is 11.1 Å². The highest BCUT2D eigenvalue weighted by Crippen LogP contribution is 2.54. The summed E-state index contributed by atoms with van der Waals surface area (Å²) in [5, 5.41) is 0. The minimum Gasteiger partial charge on any atom is -0.426 e. The Morgan fingerprint density at radius 3 is 1.66 bits per heavy atom. The number of benzene rings is 1. The van der Waals surface area contributed by atoms with Gasteiger partial charge in [-0.15, -0.1) is 0 Å². The Balaban J connectivity index is 2.68. The van der Waals surface area contributed by atoms with Crippen LogP contribution in [0.3, 0.4) is 0 Å². The van der Waals surface area contributed by atoms with Crippen LogP contribution in [0.2, 0.25) is 0 Å². The minimum atomic E-state index is -2.58. The van der Waals surface area contributed by atoms with Crippen molar-refractivity contribution in [1.29, 1.82) is 0 Å². The molecule has 0 aliphatic heterocycles. The fourth-order valence-electron chi connectivity index (χ4n) is 4.04. The van der Waals surface area contributed by atoms with E-state index < -0.39 is 17.2 Å². The number of hydrogen-bond donors (Lipinski definition) is 2. The third-order valence-corrected chi connectivity index (χ3v) is 7.87. The van der Waals surface area contributed by atoms with E-state index in [1.54, 1.807) is 0 Å². The van der Waals surface area contributed by atoms with E-state index in [1.165, 1.54) is 50.5 Å². The molecule has 204 valence electrons. The summed E-state index contributed by atoms with van der Waals surface area (Å²) in [6.45, 7) is 20.1. The van der Waals surface area contributed by atoms with Crippen molar-refractivity contribution in [3.63, 3.8) is 0 Å². The second kappa shape index (κ2) is 15.9. The second-order valence-corrected chi connectivity index (χ2v) is 14.2. The topological polar surface area (TPSA) is 68.2 Å². The normalized spacial score (nSPS) is 13.6. The molecule has 0 heterocycles. The molecule has 1 rings (SSSR count). The van der Waals surface area contributed by atoms with Gasteiger partial charge in [-0.25, -0.2) is 4.31 Å². The monoisotopic (exact) mass is 530 g/mol. The Morgan fingerprint density at radius 1 is 0.771 bits per heavy atom. The number of unbranched alkanes of at least 4 members (excludes halogenated alkanes) is 7. The molecule has 0 bridgehead atoms. The molecule has 0 fully saturated rings. The van der Waals surface area contributed by atoms with E-state index in [-0.39, 0.29) is 10.8 Å². The molecule has 1 atom stereocenters. The van der Waals surface area contributed by atoms with Gasteiger partial charge >= 0.3 is 17.2 Å². The van der Waals surface area contributed by atoms with Crippen LogP contribution in [0.1, 0.15) is 130 Å². The van der Waals surface area contributed by atoms with Crippen molar-refractivity contribution < 1.29 is 23.1 Å². The van der Waals surface area contributed by atoms with E-state index in [1.807, 2.05) is 0 Å². The van der Waals surface area contributed by atoms with E-state index >= 15 is 0 Å². The third-order valence-electron chi connectivity index (χ3n) is 6.03. The molecule has 1 aromatic carbocycles. The first kappa shape index (κ1) is 32.7. The minimum absolute atomic E-state index is 0.152. The van der Waals surface area contributed by atoms with Crippen LogP contribution in [-0.4, -0.2) is 16.4 Å². The largest absolute Gasteiger partial charge is 0.426 e. The van der Waals surface area contributed by atoms with E-state index in [9.17, 15) is 9.79 Å². The van der Waals surface area contributed by atoms with Gasteiger partial charge in [-0.2, -0.15) is 0 Å². The highest BCUT2D eigenvalue weighted by atomic mass is 31.2. The van der Waals surface area contributed by atoms with Gasteiger partial charge < -0.3 is 18.8 Å². The van der Waals surface area contributed by atoms with Crippen molar-refractivity contribution in [2.75, 3.05) is 6.61 Å². The van der Waals surface area contributed by atoms with E-state index in [0.717, 1.165) is 35.6 Å². The summed E-state index contributed by atoms with van der Waals surface area (Å²) in [7, 11) is -4.50. The van der Waals surface area contributed by atoms with Crippen molar-refractivity contribution in [3.05, 3.63) is 28.8 Å².